The third-order valence-electron chi connectivity index (χ3n) is 6.74. The molecule has 33 heavy (non-hydrogen) atoms. The van der Waals surface area contributed by atoms with E-state index in [0.717, 1.165) is 50.9 Å². The number of anilines is 1. The highest BCUT2D eigenvalue weighted by molar-refractivity contribution is 6.17. The number of primary amides is 1. The molecule has 0 bridgehead atoms. The molecule has 0 radical (unpaired) electrons. The third kappa shape index (κ3) is 3.08. The average molecular weight is 444 g/mol. The quantitative estimate of drug-likeness (QED) is 0.487. The van der Waals surface area contributed by atoms with Gasteiger partial charge in [-0.25, -0.2) is 4.79 Å². The lowest BCUT2D eigenvalue weighted by atomic mass is 9.97. The summed E-state index contributed by atoms with van der Waals surface area (Å²) in [5, 5.41) is 6.04. The van der Waals surface area contributed by atoms with E-state index >= 15 is 0 Å². The van der Waals surface area contributed by atoms with Crippen LogP contribution in [0.4, 0.5) is 10.5 Å². The molecule has 2 fully saturated rings. The molecule has 1 saturated heterocycles. The maximum Gasteiger partial charge on any atom is 0.414 e. The Morgan fingerprint density at radius 2 is 2.00 bits per heavy atom. The predicted octanol–water partition coefficient (Wildman–Crippen LogP) is 4.53. The summed E-state index contributed by atoms with van der Waals surface area (Å²) in [6, 6.07) is 9.90. The minimum Gasteiger partial charge on any atom is -0.447 e. The van der Waals surface area contributed by atoms with Crippen LogP contribution in [0, 0.1) is 19.8 Å². The number of aromatic nitrogens is 2. The number of hydrogen-bond donors (Lipinski definition) is 1. The first kappa shape index (κ1) is 19.8. The first-order valence-corrected chi connectivity index (χ1v) is 11.2. The second-order valence-electron chi connectivity index (χ2n) is 9.00. The molecule has 2 aromatic heterocycles. The predicted molar refractivity (Wildman–Crippen MR) is 124 cm³/mol. The smallest absolute Gasteiger partial charge is 0.414 e. The van der Waals surface area contributed by atoms with E-state index in [-0.39, 0.29) is 6.09 Å². The molecule has 168 valence electrons. The van der Waals surface area contributed by atoms with Crippen LogP contribution in [0.3, 0.4) is 0 Å². The zero-order valence-electron chi connectivity index (χ0n) is 18.6. The van der Waals surface area contributed by atoms with E-state index in [1.807, 2.05) is 38.1 Å². The lowest BCUT2D eigenvalue weighted by Gasteiger charge is -2.14. The van der Waals surface area contributed by atoms with Crippen molar-refractivity contribution in [3.8, 4) is 11.1 Å². The van der Waals surface area contributed by atoms with Crippen molar-refractivity contribution in [2.24, 2.45) is 11.7 Å². The summed E-state index contributed by atoms with van der Waals surface area (Å²) in [7, 11) is 0. The minimum absolute atomic E-state index is 0.335. The number of cyclic esters (lactones) is 1. The number of nitrogens with zero attached hydrogens (tertiary/aromatic N) is 3. The Kier molecular flexibility index (Phi) is 4.27. The normalized spacial score (nSPS) is 16.2. The van der Waals surface area contributed by atoms with Crippen LogP contribution in [0.25, 0.3) is 32.9 Å². The van der Waals surface area contributed by atoms with Crippen LogP contribution in [0.15, 0.2) is 34.9 Å². The first-order valence-electron chi connectivity index (χ1n) is 11.2. The van der Waals surface area contributed by atoms with Gasteiger partial charge in [0.05, 0.1) is 28.8 Å². The standard InChI is InChI=1S/C25H24N4O4/c1-13-22(14(2)33-27-13)16-9-19-18-6-5-17(28-7-8-32-25(28)31)11-21(18)29(12-15-3-4-15)23(19)20(10-16)24(26)30/h5-6,9-11,15H,3-4,7-8,12H2,1-2H3,(H2,26,30). The van der Waals surface area contributed by atoms with Gasteiger partial charge in [0.25, 0.3) is 5.91 Å². The first-order chi connectivity index (χ1) is 15.9. The molecule has 8 nitrogen and oxygen atoms in total. The lowest BCUT2D eigenvalue weighted by Crippen LogP contribution is -2.23. The van der Waals surface area contributed by atoms with Crippen molar-refractivity contribution < 1.29 is 18.8 Å². The van der Waals surface area contributed by atoms with E-state index in [1.54, 1.807) is 4.90 Å². The summed E-state index contributed by atoms with van der Waals surface area (Å²) in [6.07, 6.45) is 2.00. The summed E-state index contributed by atoms with van der Waals surface area (Å²) < 4.78 is 12.7. The van der Waals surface area contributed by atoms with Crippen LogP contribution in [-0.2, 0) is 11.3 Å². The van der Waals surface area contributed by atoms with Gasteiger partial charge in [-0.05, 0) is 62.4 Å². The molecule has 8 heteroatoms. The van der Waals surface area contributed by atoms with Gasteiger partial charge in [0.1, 0.15) is 12.4 Å². The molecule has 3 heterocycles. The molecule has 6 rings (SSSR count). The zero-order chi connectivity index (χ0) is 22.9. The summed E-state index contributed by atoms with van der Waals surface area (Å²) in [4.78, 5) is 26.5. The number of rotatable bonds is 5. The van der Waals surface area contributed by atoms with Crippen molar-refractivity contribution in [3.05, 3.63) is 47.3 Å². The van der Waals surface area contributed by atoms with Gasteiger partial charge in [-0.2, -0.15) is 0 Å². The highest BCUT2D eigenvalue weighted by Gasteiger charge is 2.28. The molecular formula is C25H24N4O4. The van der Waals surface area contributed by atoms with Gasteiger partial charge in [0.15, 0.2) is 0 Å². The van der Waals surface area contributed by atoms with Crippen LogP contribution in [0.5, 0.6) is 0 Å². The molecule has 0 spiro atoms. The fourth-order valence-corrected chi connectivity index (χ4v) is 4.99. The Labute approximate surface area is 189 Å². The highest BCUT2D eigenvalue weighted by atomic mass is 16.6. The van der Waals surface area contributed by atoms with Crippen LogP contribution in [-0.4, -0.2) is 34.9 Å². The number of fused-ring (bicyclic) bond motifs is 3. The fourth-order valence-electron chi connectivity index (χ4n) is 4.99. The number of carbonyl (C=O) groups is 2. The molecule has 2 amide bonds. The highest BCUT2D eigenvalue weighted by Crippen LogP contribution is 2.41. The topological polar surface area (TPSA) is 104 Å². The fraction of sp³-hybridized carbons (Fsp3) is 0.320. The Bertz CT molecular complexity index is 1440. The number of amides is 2. The Balaban J connectivity index is 1.66. The van der Waals surface area contributed by atoms with Gasteiger partial charge in [0.2, 0.25) is 0 Å². The zero-order valence-corrected chi connectivity index (χ0v) is 18.6. The largest absolute Gasteiger partial charge is 0.447 e. The van der Waals surface area contributed by atoms with Gasteiger partial charge in [0, 0.05) is 28.6 Å². The number of hydrogen-bond acceptors (Lipinski definition) is 5. The molecule has 2 aromatic carbocycles. The summed E-state index contributed by atoms with van der Waals surface area (Å²) in [6.45, 7) is 5.46. The molecule has 2 aliphatic rings. The van der Waals surface area contributed by atoms with Crippen molar-refractivity contribution in [1.29, 1.82) is 0 Å². The summed E-state index contributed by atoms with van der Waals surface area (Å²) in [5.41, 5.74) is 11.5. The Morgan fingerprint density at radius 1 is 1.18 bits per heavy atom. The van der Waals surface area contributed by atoms with E-state index in [9.17, 15) is 9.59 Å². The van der Waals surface area contributed by atoms with Gasteiger partial charge >= 0.3 is 6.09 Å². The van der Waals surface area contributed by atoms with Crippen molar-refractivity contribution >= 4 is 39.5 Å². The van der Waals surface area contributed by atoms with Crippen molar-refractivity contribution in [1.82, 2.24) is 9.72 Å². The van der Waals surface area contributed by atoms with E-state index < -0.39 is 5.91 Å². The van der Waals surface area contributed by atoms with Crippen molar-refractivity contribution in [2.45, 2.75) is 33.2 Å². The third-order valence-corrected chi connectivity index (χ3v) is 6.74. The van der Waals surface area contributed by atoms with Crippen LogP contribution < -0.4 is 10.6 Å². The molecule has 1 aliphatic carbocycles. The average Bonchev–Trinajstić information content (AvgIpc) is 3.30. The lowest BCUT2D eigenvalue weighted by molar-refractivity contribution is 0.100. The monoisotopic (exact) mass is 444 g/mol. The van der Waals surface area contributed by atoms with E-state index in [4.69, 9.17) is 15.0 Å². The Morgan fingerprint density at radius 3 is 2.64 bits per heavy atom. The van der Waals surface area contributed by atoms with Crippen molar-refractivity contribution in [2.75, 3.05) is 18.1 Å². The summed E-state index contributed by atoms with van der Waals surface area (Å²) >= 11 is 0. The van der Waals surface area contributed by atoms with Crippen molar-refractivity contribution in [3.63, 3.8) is 0 Å². The molecular weight excluding hydrogens is 420 g/mol. The molecule has 2 N–H and O–H groups in total. The minimum atomic E-state index is -0.475. The summed E-state index contributed by atoms with van der Waals surface area (Å²) in [5.74, 6) is 0.794. The second-order valence-corrected chi connectivity index (χ2v) is 9.00. The SMILES string of the molecule is Cc1noc(C)c1-c1cc(C(N)=O)c2c(c1)c1ccc(N3CCOC3=O)cc1n2CC1CC1. The van der Waals surface area contributed by atoms with Gasteiger partial charge in [-0.3, -0.25) is 9.69 Å². The molecule has 1 saturated carbocycles. The van der Waals surface area contributed by atoms with E-state index in [2.05, 4.69) is 15.8 Å². The Hall–Kier alpha value is -3.81. The molecule has 0 unspecified atom stereocenters. The maximum absolute atomic E-state index is 12.7. The number of ether oxygens (including phenoxy) is 1. The van der Waals surface area contributed by atoms with Gasteiger partial charge in [-0.15, -0.1) is 0 Å². The number of aryl methyl sites for hydroxylation is 2. The number of carbonyl (C=O) groups excluding carboxylic acids is 2. The molecule has 0 atom stereocenters. The number of benzene rings is 2. The van der Waals surface area contributed by atoms with E-state index in [0.29, 0.717) is 30.4 Å². The van der Waals surface area contributed by atoms with Crippen LogP contribution in [0.1, 0.15) is 34.7 Å². The van der Waals surface area contributed by atoms with Crippen LogP contribution in [0.2, 0.25) is 0 Å². The second kappa shape index (κ2) is 7.10. The van der Waals surface area contributed by atoms with Gasteiger partial charge < -0.3 is 19.6 Å². The number of nitrogens with two attached hydrogens (primary N) is 1. The van der Waals surface area contributed by atoms with Gasteiger partial charge in [-0.1, -0.05) is 11.2 Å². The maximum atomic E-state index is 12.7. The molecule has 4 aromatic rings. The van der Waals surface area contributed by atoms with Crippen LogP contribution >= 0.6 is 0 Å². The molecule has 1 aliphatic heterocycles. The van der Waals surface area contributed by atoms with E-state index in [1.165, 1.54) is 12.8 Å².